The van der Waals surface area contributed by atoms with Crippen molar-refractivity contribution in [2.75, 3.05) is 13.2 Å². The van der Waals surface area contributed by atoms with Gasteiger partial charge in [-0.15, -0.1) is 0 Å². The molecule has 4 nitrogen and oxygen atoms in total. The molecule has 114 valence electrons. The van der Waals surface area contributed by atoms with Gasteiger partial charge in [-0.3, -0.25) is 0 Å². The molecule has 0 aliphatic heterocycles. The van der Waals surface area contributed by atoms with E-state index in [1.165, 1.54) is 0 Å². The zero-order valence-corrected chi connectivity index (χ0v) is 12.2. The molecule has 21 heavy (non-hydrogen) atoms. The van der Waals surface area contributed by atoms with Gasteiger partial charge in [0.1, 0.15) is 23.1 Å². The summed E-state index contributed by atoms with van der Waals surface area (Å²) < 4.78 is 53.9. The number of sulfonamides is 1. The predicted molar refractivity (Wildman–Crippen MR) is 72.9 cm³/mol. The number of halogens is 2. The zero-order valence-electron chi connectivity index (χ0n) is 11.4. The third-order valence-corrected chi connectivity index (χ3v) is 4.85. The van der Waals surface area contributed by atoms with E-state index in [0.29, 0.717) is 6.07 Å². The second-order valence-electron chi connectivity index (χ2n) is 5.36. The first-order chi connectivity index (χ1) is 9.77. The first-order valence-electron chi connectivity index (χ1n) is 6.36. The number of benzene rings is 1. The molecule has 0 saturated heterocycles. The summed E-state index contributed by atoms with van der Waals surface area (Å²) in [5.74, 6) is 2.33. The molecule has 7 heteroatoms. The summed E-state index contributed by atoms with van der Waals surface area (Å²) in [7, 11) is -4.14. The lowest BCUT2D eigenvalue weighted by Crippen LogP contribution is -2.30. The summed E-state index contributed by atoms with van der Waals surface area (Å²) in [5.41, 5.74) is -0.407. The number of aliphatic hydroxyl groups is 1. The van der Waals surface area contributed by atoms with Crippen LogP contribution in [0, 0.1) is 28.9 Å². The van der Waals surface area contributed by atoms with Crippen molar-refractivity contribution in [1.29, 1.82) is 0 Å². The highest BCUT2D eigenvalue weighted by atomic mass is 32.2. The number of hydrogen-bond acceptors (Lipinski definition) is 3. The number of nitrogens with one attached hydrogen (secondary N) is 1. The second kappa shape index (κ2) is 5.72. The number of hydrogen-bond donors (Lipinski definition) is 2. The first-order valence-corrected chi connectivity index (χ1v) is 7.84. The van der Waals surface area contributed by atoms with Crippen molar-refractivity contribution < 1.29 is 22.3 Å². The van der Waals surface area contributed by atoms with E-state index in [-0.39, 0.29) is 17.5 Å². The van der Waals surface area contributed by atoms with Crippen LogP contribution in [0.4, 0.5) is 8.78 Å². The summed E-state index contributed by atoms with van der Waals surface area (Å²) in [6.45, 7) is 1.57. The monoisotopic (exact) mass is 315 g/mol. The summed E-state index contributed by atoms with van der Waals surface area (Å²) in [4.78, 5) is -0.686. The Kier molecular flexibility index (Phi) is 4.33. The molecule has 2 rings (SSSR count). The molecule has 0 aromatic heterocycles. The minimum absolute atomic E-state index is 0.0967. The molecule has 1 aliphatic rings. The third kappa shape index (κ3) is 3.79. The molecule has 1 aromatic rings. The molecule has 1 aliphatic carbocycles. The van der Waals surface area contributed by atoms with Crippen LogP contribution >= 0.6 is 0 Å². The molecule has 0 atom stereocenters. The molecule has 0 unspecified atom stereocenters. The Bertz CT molecular complexity index is 716. The van der Waals surface area contributed by atoms with Crippen LogP contribution in [0.15, 0.2) is 17.0 Å². The molecule has 1 saturated carbocycles. The van der Waals surface area contributed by atoms with Crippen molar-refractivity contribution in [3.8, 4) is 11.8 Å². The highest BCUT2D eigenvalue weighted by Gasteiger charge is 2.38. The fraction of sp³-hybridized carbons (Fsp3) is 0.429. The minimum Gasteiger partial charge on any atom is -0.384 e. The van der Waals surface area contributed by atoms with Gasteiger partial charge in [-0.25, -0.2) is 21.9 Å². The van der Waals surface area contributed by atoms with Crippen LogP contribution in [-0.2, 0) is 10.0 Å². The Morgan fingerprint density at radius 3 is 2.62 bits per heavy atom. The van der Waals surface area contributed by atoms with Gasteiger partial charge in [0.05, 0.1) is 5.56 Å². The highest BCUT2D eigenvalue weighted by molar-refractivity contribution is 7.89. The van der Waals surface area contributed by atoms with Crippen LogP contribution in [0.3, 0.4) is 0 Å². The van der Waals surface area contributed by atoms with Gasteiger partial charge in [-0.05, 0) is 24.3 Å². The molecular formula is C14H15F2NO3S. The maximum Gasteiger partial charge on any atom is 0.244 e. The molecular weight excluding hydrogens is 300 g/mol. The zero-order chi connectivity index (χ0) is 15.7. The molecule has 0 radical (unpaired) electrons. The largest absolute Gasteiger partial charge is 0.384 e. The van der Waals surface area contributed by atoms with Crippen molar-refractivity contribution in [1.82, 2.24) is 4.72 Å². The lowest BCUT2D eigenvalue weighted by Gasteiger charge is -2.13. The normalized spacial score (nSPS) is 16.2. The van der Waals surface area contributed by atoms with Crippen LogP contribution in [0.2, 0.25) is 0 Å². The Hall–Kier alpha value is -1.49. The molecule has 0 amide bonds. The van der Waals surface area contributed by atoms with Crippen molar-refractivity contribution in [2.45, 2.75) is 24.7 Å². The molecule has 0 heterocycles. The van der Waals surface area contributed by atoms with Gasteiger partial charge in [0.2, 0.25) is 10.0 Å². The SMILES string of the molecule is CC1(CNS(=O)(=O)c2c(F)cc(F)cc2C#CCO)CC1. The van der Waals surface area contributed by atoms with Crippen LogP contribution in [-0.4, -0.2) is 26.7 Å². The standard InChI is InChI=1S/C14H15F2NO3S/c1-14(4-5-14)9-17-21(19,20)13-10(3-2-6-18)7-11(15)8-12(13)16/h7-8,17-18H,4-6,9H2,1H3. The van der Waals surface area contributed by atoms with Gasteiger partial charge < -0.3 is 5.11 Å². The Balaban J connectivity index is 2.40. The summed E-state index contributed by atoms with van der Waals surface area (Å²) in [6, 6.07) is 1.33. The average molecular weight is 315 g/mol. The number of rotatable bonds is 4. The predicted octanol–water partition coefficient (Wildman–Crippen LogP) is 1.39. The average Bonchev–Trinajstić information content (AvgIpc) is 3.12. The van der Waals surface area contributed by atoms with Gasteiger partial charge in [-0.2, -0.15) is 0 Å². The fourth-order valence-electron chi connectivity index (χ4n) is 1.79. The van der Waals surface area contributed by atoms with Crippen LogP contribution in [0.25, 0.3) is 0 Å². The van der Waals surface area contributed by atoms with Crippen molar-refractivity contribution in [2.24, 2.45) is 5.41 Å². The minimum atomic E-state index is -4.14. The molecule has 1 aromatic carbocycles. The van der Waals surface area contributed by atoms with E-state index in [2.05, 4.69) is 16.6 Å². The lowest BCUT2D eigenvalue weighted by atomic mass is 10.2. The quantitative estimate of drug-likeness (QED) is 0.825. The Labute approximate surface area is 122 Å². The molecule has 0 bridgehead atoms. The van der Waals surface area contributed by atoms with Gasteiger partial charge in [0.25, 0.3) is 0 Å². The van der Waals surface area contributed by atoms with Crippen molar-refractivity contribution >= 4 is 10.0 Å². The van der Waals surface area contributed by atoms with E-state index in [1.807, 2.05) is 6.92 Å². The van der Waals surface area contributed by atoms with E-state index < -0.39 is 33.2 Å². The van der Waals surface area contributed by atoms with Crippen LogP contribution in [0.1, 0.15) is 25.3 Å². The van der Waals surface area contributed by atoms with E-state index in [9.17, 15) is 17.2 Å². The molecule has 1 fully saturated rings. The van der Waals surface area contributed by atoms with Gasteiger partial charge >= 0.3 is 0 Å². The van der Waals surface area contributed by atoms with Gasteiger partial charge in [-0.1, -0.05) is 18.8 Å². The topological polar surface area (TPSA) is 66.4 Å². The van der Waals surface area contributed by atoms with Crippen molar-refractivity contribution in [3.63, 3.8) is 0 Å². The first kappa shape index (κ1) is 15.9. The molecule has 0 spiro atoms. The van der Waals surface area contributed by atoms with Crippen LogP contribution < -0.4 is 4.72 Å². The molecule has 2 N–H and O–H groups in total. The second-order valence-corrected chi connectivity index (χ2v) is 7.06. The van der Waals surface area contributed by atoms with Crippen LogP contribution in [0.5, 0.6) is 0 Å². The van der Waals surface area contributed by atoms with E-state index in [0.717, 1.165) is 18.9 Å². The fourth-order valence-corrected chi connectivity index (χ4v) is 3.19. The van der Waals surface area contributed by atoms with E-state index in [4.69, 9.17) is 5.11 Å². The summed E-state index contributed by atoms with van der Waals surface area (Å²) in [5, 5.41) is 8.65. The summed E-state index contributed by atoms with van der Waals surface area (Å²) >= 11 is 0. The van der Waals surface area contributed by atoms with E-state index in [1.54, 1.807) is 0 Å². The van der Waals surface area contributed by atoms with Crippen molar-refractivity contribution in [3.05, 3.63) is 29.3 Å². The van der Waals surface area contributed by atoms with Gasteiger partial charge in [0.15, 0.2) is 0 Å². The summed E-state index contributed by atoms with van der Waals surface area (Å²) in [6.07, 6.45) is 1.80. The highest BCUT2D eigenvalue weighted by Crippen LogP contribution is 2.44. The number of aliphatic hydroxyl groups excluding tert-OH is 1. The smallest absolute Gasteiger partial charge is 0.244 e. The maximum atomic E-state index is 13.9. The van der Waals surface area contributed by atoms with E-state index >= 15 is 0 Å². The Morgan fingerprint density at radius 2 is 2.05 bits per heavy atom. The third-order valence-electron chi connectivity index (χ3n) is 3.37. The van der Waals surface area contributed by atoms with Gasteiger partial charge in [0, 0.05) is 12.6 Å². The lowest BCUT2D eigenvalue weighted by molar-refractivity contribution is 0.350. The Morgan fingerprint density at radius 1 is 1.38 bits per heavy atom. The maximum absolute atomic E-state index is 13.9.